The molecule has 23 heavy (non-hydrogen) atoms. The van der Waals surface area contributed by atoms with Crippen LogP contribution >= 0.6 is 15.9 Å². The van der Waals surface area contributed by atoms with Crippen molar-refractivity contribution in [2.75, 3.05) is 5.01 Å². The standard InChI is InChI=1S/C15H16BrN3O4/c1-8-12(7-13(20)17-9(2)15(22)23)14(21)19(18-8)11-5-3-4-10(16)6-11/h3-6,9,12H,7H2,1-2H3,(H,17,20)(H,22,23)/t9-,12?/m0/s1. The van der Waals surface area contributed by atoms with Crippen molar-refractivity contribution in [1.29, 1.82) is 0 Å². The Bertz CT molecular complexity index is 689. The Kier molecular flexibility index (Phi) is 5.15. The minimum absolute atomic E-state index is 0.129. The molecule has 2 atom stereocenters. The van der Waals surface area contributed by atoms with Crippen LogP contribution in [0.4, 0.5) is 5.69 Å². The Morgan fingerprint density at radius 2 is 2.17 bits per heavy atom. The number of carboxylic acids is 1. The van der Waals surface area contributed by atoms with Gasteiger partial charge in [0.2, 0.25) is 5.91 Å². The minimum atomic E-state index is -1.13. The fourth-order valence-corrected chi connectivity index (χ4v) is 2.57. The molecule has 0 spiro atoms. The molecule has 8 heteroatoms. The van der Waals surface area contributed by atoms with E-state index in [1.165, 1.54) is 11.9 Å². The van der Waals surface area contributed by atoms with Crippen molar-refractivity contribution in [3.8, 4) is 0 Å². The SMILES string of the molecule is CC1=NN(c2cccc(Br)c2)C(=O)C1CC(=O)N[C@@H](C)C(=O)O. The summed E-state index contributed by atoms with van der Waals surface area (Å²) in [7, 11) is 0. The molecule has 1 heterocycles. The number of rotatable bonds is 5. The van der Waals surface area contributed by atoms with E-state index in [1.807, 2.05) is 6.07 Å². The maximum absolute atomic E-state index is 12.5. The molecule has 122 valence electrons. The van der Waals surface area contributed by atoms with E-state index in [0.29, 0.717) is 11.4 Å². The summed E-state index contributed by atoms with van der Waals surface area (Å²) in [6, 6.07) is 6.11. The summed E-state index contributed by atoms with van der Waals surface area (Å²) in [5.74, 6) is -2.62. The van der Waals surface area contributed by atoms with E-state index < -0.39 is 23.8 Å². The third kappa shape index (κ3) is 3.95. The molecule has 0 aromatic heterocycles. The average molecular weight is 382 g/mol. The number of carboxylic acid groups (broad SMARTS) is 1. The van der Waals surface area contributed by atoms with Crippen LogP contribution in [0, 0.1) is 5.92 Å². The molecule has 1 aliphatic heterocycles. The van der Waals surface area contributed by atoms with Gasteiger partial charge in [-0.1, -0.05) is 22.0 Å². The van der Waals surface area contributed by atoms with Gasteiger partial charge in [-0.05, 0) is 32.0 Å². The third-order valence-corrected chi connectivity index (χ3v) is 3.95. The zero-order valence-electron chi connectivity index (χ0n) is 12.6. The fraction of sp³-hybridized carbons (Fsp3) is 0.333. The van der Waals surface area contributed by atoms with Crippen molar-refractivity contribution in [3.63, 3.8) is 0 Å². The highest BCUT2D eigenvalue weighted by Crippen LogP contribution is 2.27. The van der Waals surface area contributed by atoms with Gasteiger partial charge < -0.3 is 10.4 Å². The van der Waals surface area contributed by atoms with Crippen LogP contribution in [0.25, 0.3) is 0 Å². The molecule has 1 aromatic carbocycles. The van der Waals surface area contributed by atoms with Crippen molar-refractivity contribution >= 4 is 45.1 Å². The first-order valence-electron chi connectivity index (χ1n) is 6.96. The Morgan fingerprint density at radius 1 is 1.48 bits per heavy atom. The van der Waals surface area contributed by atoms with Crippen molar-refractivity contribution in [1.82, 2.24) is 5.32 Å². The lowest BCUT2D eigenvalue weighted by Gasteiger charge is -2.15. The topological polar surface area (TPSA) is 99.1 Å². The van der Waals surface area contributed by atoms with Crippen LogP contribution in [0.3, 0.4) is 0 Å². The first-order chi connectivity index (χ1) is 10.8. The van der Waals surface area contributed by atoms with Gasteiger partial charge in [-0.15, -0.1) is 0 Å². The Balaban J connectivity index is 2.08. The van der Waals surface area contributed by atoms with Crippen LogP contribution in [0.1, 0.15) is 20.3 Å². The highest BCUT2D eigenvalue weighted by atomic mass is 79.9. The third-order valence-electron chi connectivity index (χ3n) is 3.46. The van der Waals surface area contributed by atoms with Gasteiger partial charge in [-0.3, -0.25) is 14.4 Å². The number of benzene rings is 1. The van der Waals surface area contributed by atoms with Gasteiger partial charge in [0.1, 0.15) is 6.04 Å². The monoisotopic (exact) mass is 381 g/mol. The van der Waals surface area contributed by atoms with E-state index in [2.05, 4.69) is 26.3 Å². The molecular weight excluding hydrogens is 366 g/mol. The van der Waals surface area contributed by atoms with Crippen molar-refractivity contribution in [2.24, 2.45) is 11.0 Å². The van der Waals surface area contributed by atoms with Crippen molar-refractivity contribution in [2.45, 2.75) is 26.3 Å². The van der Waals surface area contributed by atoms with Crippen LogP contribution in [-0.4, -0.2) is 34.6 Å². The maximum atomic E-state index is 12.5. The molecular formula is C15H16BrN3O4. The number of amides is 2. The second-order valence-corrected chi connectivity index (χ2v) is 6.17. The average Bonchev–Trinajstić information content (AvgIpc) is 2.75. The lowest BCUT2D eigenvalue weighted by molar-refractivity contribution is -0.141. The molecule has 2 amide bonds. The smallest absolute Gasteiger partial charge is 0.325 e. The van der Waals surface area contributed by atoms with Gasteiger partial charge in [0.15, 0.2) is 0 Å². The number of carbonyl (C=O) groups excluding carboxylic acids is 2. The van der Waals surface area contributed by atoms with Crippen LogP contribution in [0.2, 0.25) is 0 Å². The summed E-state index contributed by atoms with van der Waals surface area (Å²) in [6.45, 7) is 3.04. The van der Waals surface area contributed by atoms with Gasteiger partial charge in [0, 0.05) is 16.6 Å². The van der Waals surface area contributed by atoms with Gasteiger partial charge in [-0.2, -0.15) is 5.10 Å². The van der Waals surface area contributed by atoms with E-state index in [0.717, 1.165) is 4.47 Å². The fourth-order valence-electron chi connectivity index (χ4n) is 2.18. The first-order valence-corrected chi connectivity index (χ1v) is 7.75. The van der Waals surface area contributed by atoms with Crippen LogP contribution in [0.5, 0.6) is 0 Å². The molecule has 0 fully saturated rings. The number of hydrazone groups is 1. The second-order valence-electron chi connectivity index (χ2n) is 5.26. The minimum Gasteiger partial charge on any atom is -0.480 e. The largest absolute Gasteiger partial charge is 0.480 e. The molecule has 0 aliphatic carbocycles. The van der Waals surface area contributed by atoms with Gasteiger partial charge in [0.05, 0.1) is 11.6 Å². The lowest BCUT2D eigenvalue weighted by atomic mass is 9.99. The summed E-state index contributed by atoms with van der Waals surface area (Å²) in [4.78, 5) is 35.1. The predicted molar refractivity (Wildman–Crippen MR) is 88.1 cm³/mol. The number of aliphatic carboxylic acids is 1. The van der Waals surface area contributed by atoms with Crippen LogP contribution in [-0.2, 0) is 14.4 Å². The Hall–Kier alpha value is -2.22. The number of hydrogen-bond donors (Lipinski definition) is 2. The van der Waals surface area contributed by atoms with Crippen LogP contribution < -0.4 is 10.3 Å². The number of anilines is 1. The van der Waals surface area contributed by atoms with Crippen LogP contribution in [0.15, 0.2) is 33.8 Å². The van der Waals surface area contributed by atoms with E-state index in [-0.39, 0.29) is 12.3 Å². The summed E-state index contributed by atoms with van der Waals surface area (Å²) in [5.41, 5.74) is 1.12. The van der Waals surface area contributed by atoms with E-state index >= 15 is 0 Å². The van der Waals surface area contributed by atoms with Crippen molar-refractivity contribution in [3.05, 3.63) is 28.7 Å². The van der Waals surface area contributed by atoms with Gasteiger partial charge in [-0.25, -0.2) is 5.01 Å². The zero-order chi connectivity index (χ0) is 17.1. The van der Waals surface area contributed by atoms with E-state index in [4.69, 9.17) is 5.11 Å². The molecule has 1 aliphatic rings. The summed E-state index contributed by atoms with van der Waals surface area (Å²) < 4.78 is 0.812. The first kappa shape index (κ1) is 17.1. The van der Waals surface area contributed by atoms with Crippen molar-refractivity contribution < 1.29 is 19.5 Å². The van der Waals surface area contributed by atoms with E-state index in [9.17, 15) is 14.4 Å². The van der Waals surface area contributed by atoms with Gasteiger partial charge >= 0.3 is 5.97 Å². The Labute approximate surface area is 141 Å². The molecule has 0 saturated carbocycles. The number of carbonyl (C=O) groups is 3. The Morgan fingerprint density at radius 3 is 2.78 bits per heavy atom. The molecule has 0 saturated heterocycles. The summed E-state index contributed by atoms with van der Waals surface area (Å²) in [6.07, 6.45) is -0.129. The normalized spacial score (nSPS) is 18.6. The molecule has 2 rings (SSSR count). The molecule has 1 unspecified atom stereocenters. The number of nitrogens with one attached hydrogen (secondary N) is 1. The number of nitrogens with zero attached hydrogens (tertiary/aromatic N) is 2. The molecule has 1 aromatic rings. The number of hydrogen-bond acceptors (Lipinski definition) is 4. The molecule has 0 radical (unpaired) electrons. The molecule has 0 bridgehead atoms. The highest BCUT2D eigenvalue weighted by molar-refractivity contribution is 9.10. The van der Waals surface area contributed by atoms with Gasteiger partial charge in [0.25, 0.3) is 5.91 Å². The second kappa shape index (κ2) is 6.91. The zero-order valence-corrected chi connectivity index (χ0v) is 14.2. The maximum Gasteiger partial charge on any atom is 0.325 e. The lowest BCUT2D eigenvalue weighted by Crippen LogP contribution is -2.40. The molecule has 7 nitrogen and oxygen atoms in total. The summed E-state index contributed by atoms with van der Waals surface area (Å²) >= 11 is 3.33. The number of halogens is 1. The predicted octanol–water partition coefficient (Wildman–Crippen LogP) is 1.77. The van der Waals surface area contributed by atoms with E-state index in [1.54, 1.807) is 25.1 Å². The highest BCUT2D eigenvalue weighted by Gasteiger charge is 2.36. The molecule has 2 N–H and O–H groups in total. The summed E-state index contributed by atoms with van der Waals surface area (Å²) in [5, 5.41) is 16.6. The quantitative estimate of drug-likeness (QED) is 0.811.